The van der Waals surface area contributed by atoms with Gasteiger partial charge in [-0.25, -0.2) is 4.79 Å². The van der Waals surface area contributed by atoms with Crippen LogP contribution < -0.4 is 0 Å². The Balaban J connectivity index is 1.25. The molecule has 41 heavy (non-hydrogen) atoms. The van der Waals surface area contributed by atoms with Crippen LogP contribution in [0.5, 0.6) is 0 Å². The molecule has 0 bridgehead atoms. The summed E-state index contributed by atoms with van der Waals surface area (Å²) in [5.41, 5.74) is 4.72. The summed E-state index contributed by atoms with van der Waals surface area (Å²) in [5, 5.41) is 0. The number of benzene rings is 1. The maximum absolute atomic E-state index is 13.0. The van der Waals surface area contributed by atoms with Gasteiger partial charge >= 0.3 is 5.97 Å². The van der Waals surface area contributed by atoms with Crippen LogP contribution in [-0.2, 0) is 9.53 Å². The Labute approximate surface area is 250 Å². The average molecular weight is 557 g/mol. The minimum atomic E-state index is -0.199. The predicted molar refractivity (Wildman–Crippen MR) is 170 cm³/mol. The fraction of sp³-hybridized carbons (Fsp3) is 0.718. The van der Waals surface area contributed by atoms with Crippen molar-refractivity contribution in [1.82, 2.24) is 0 Å². The molecule has 0 aliphatic heterocycles. The molecule has 4 fully saturated rings. The summed E-state index contributed by atoms with van der Waals surface area (Å²) >= 11 is 0. The number of allylic oxidation sites excluding steroid dienone is 2. The number of fused-ring (bicyclic) bond motifs is 7. The van der Waals surface area contributed by atoms with Crippen LogP contribution in [0.25, 0.3) is 6.08 Å². The van der Waals surface area contributed by atoms with E-state index in [1.165, 1.54) is 51.4 Å². The van der Waals surface area contributed by atoms with Crippen molar-refractivity contribution in [2.24, 2.45) is 50.2 Å². The van der Waals surface area contributed by atoms with Crippen molar-refractivity contribution < 1.29 is 9.53 Å². The summed E-state index contributed by atoms with van der Waals surface area (Å²) in [6.07, 6.45) is 19.1. The van der Waals surface area contributed by atoms with Gasteiger partial charge in [0, 0.05) is 11.5 Å². The van der Waals surface area contributed by atoms with Crippen LogP contribution in [-0.4, -0.2) is 12.1 Å². The SMILES string of the molecule is CC1(C)CC[C@]2(C)CC[C@]3(C)C(=CC[C@@H]4[C@@]5(C)CC[C@H](OC(=O)C=Cc6ccccc6)C(C)(C)[C@@H]5CC[C@]43C)[C@H]2C1. The molecule has 224 valence electrons. The minimum absolute atomic E-state index is 0.0250. The lowest BCUT2D eigenvalue weighted by Crippen LogP contribution is -2.64. The number of rotatable bonds is 3. The molecular formula is C39H56O2. The van der Waals surface area contributed by atoms with E-state index in [1.54, 1.807) is 6.08 Å². The largest absolute Gasteiger partial charge is 0.459 e. The average Bonchev–Trinajstić information content (AvgIpc) is 2.91. The molecule has 0 heterocycles. The number of carbonyl (C=O) groups is 1. The summed E-state index contributed by atoms with van der Waals surface area (Å²) in [4.78, 5) is 13.0. The monoisotopic (exact) mass is 556 g/mol. The fourth-order valence-corrected chi connectivity index (χ4v) is 11.6. The van der Waals surface area contributed by atoms with Gasteiger partial charge in [-0.15, -0.1) is 0 Å². The van der Waals surface area contributed by atoms with E-state index in [1.807, 2.05) is 42.0 Å². The number of hydrogen-bond donors (Lipinski definition) is 0. The van der Waals surface area contributed by atoms with Crippen LogP contribution in [0.2, 0.25) is 0 Å². The molecular weight excluding hydrogens is 500 g/mol. The summed E-state index contributed by atoms with van der Waals surface area (Å²) in [5.74, 6) is 1.81. The molecule has 0 spiro atoms. The predicted octanol–water partition coefficient (Wildman–Crippen LogP) is 10.4. The first-order chi connectivity index (χ1) is 19.1. The lowest BCUT2D eigenvalue weighted by molar-refractivity contribution is -0.210. The Morgan fingerprint density at radius 1 is 0.829 bits per heavy atom. The molecule has 0 aromatic heterocycles. The third-order valence-electron chi connectivity index (χ3n) is 14.5. The van der Waals surface area contributed by atoms with Gasteiger partial charge in [-0.1, -0.05) is 97.4 Å². The number of carbonyl (C=O) groups excluding carboxylic acids is 1. The Morgan fingerprint density at radius 3 is 2.27 bits per heavy atom. The molecule has 0 radical (unpaired) electrons. The molecule has 2 heteroatoms. The molecule has 0 saturated heterocycles. The molecule has 1 aromatic rings. The molecule has 0 unspecified atom stereocenters. The van der Waals surface area contributed by atoms with Crippen LogP contribution in [0, 0.1) is 50.2 Å². The molecule has 1 aromatic carbocycles. The van der Waals surface area contributed by atoms with Crippen molar-refractivity contribution in [3.63, 3.8) is 0 Å². The Bertz CT molecular complexity index is 1240. The van der Waals surface area contributed by atoms with Gasteiger partial charge < -0.3 is 4.74 Å². The zero-order chi connectivity index (χ0) is 29.5. The fourth-order valence-electron chi connectivity index (χ4n) is 11.6. The van der Waals surface area contributed by atoms with Crippen LogP contribution in [0.3, 0.4) is 0 Å². The molecule has 5 aliphatic rings. The topological polar surface area (TPSA) is 26.3 Å². The summed E-state index contributed by atoms with van der Waals surface area (Å²) in [6.45, 7) is 20.5. The van der Waals surface area contributed by atoms with Crippen LogP contribution in [0.4, 0.5) is 0 Å². The summed E-state index contributed by atoms with van der Waals surface area (Å²) in [6, 6.07) is 10.0. The third kappa shape index (κ3) is 4.43. The Kier molecular flexibility index (Phi) is 6.84. The van der Waals surface area contributed by atoms with E-state index in [4.69, 9.17) is 4.74 Å². The number of ether oxygens (including phenoxy) is 1. The molecule has 2 nitrogen and oxygen atoms in total. The van der Waals surface area contributed by atoms with Crippen LogP contribution in [0.1, 0.15) is 125 Å². The van der Waals surface area contributed by atoms with Gasteiger partial charge in [0.05, 0.1) is 0 Å². The Hall–Kier alpha value is -1.83. The highest BCUT2D eigenvalue weighted by atomic mass is 16.5. The van der Waals surface area contributed by atoms with Gasteiger partial charge in [-0.3, -0.25) is 0 Å². The van der Waals surface area contributed by atoms with E-state index in [2.05, 4.69) is 61.5 Å². The van der Waals surface area contributed by atoms with Gasteiger partial charge in [-0.2, -0.15) is 0 Å². The maximum Gasteiger partial charge on any atom is 0.331 e. The van der Waals surface area contributed by atoms with E-state index < -0.39 is 0 Å². The van der Waals surface area contributed by atoms with Crippen molar-refractivity contribution in [2.75, 3.05) is 0 Å². The zero-order valence-corrected chi connectivity index (χ0v) is 27.3. The van der Waals surface area contributed by atoms with Crippen molar-refractivity contribution in [3.05, 3.63) is 53.6 Å². The molecule has 5 aliphatic carbocycles. The van der Waals surface area contributed by atoms with Crippen molar-refractivity contribution >= 4 is 12.0 Å². The summed E-state index contributed by atoms with van der Waals surface area (Å²) in [7, 11) is 0. The van der Waals surface area contributed by atoms with E-state index in [0.717, 1.165) is 24.3 Å². The lowest BCUT2D eigenvalue weighted by atomic mass is 9.33. The van der Waals surface area contributed by atoms with Gasteiger partial charge in [0.25, 0.3) is 0 Å². The Morgan fingerprint density at radius 2 is 1.54 bits per heavy atom. The van der Waals surface area contributed by atoms with Gasteiger partial charge in [0.15, 0.2) is 0 Å². The first kappa shape index (κ1) is 29.3. The minimum Gasteiger partial charge on any atom is -0.459 e. The van der Waals surface area contributed by atoms with E-state index in [0.29, 0.717) is 33.5 Å². The normalized spacial score (nSPS) is 44.5. The van der Waals surface area contributed by atoms with E-state index >= 15 is 0 Å². The van der Waals surface area contributed by atoms with Crippen molar-refractivity contribution in [1.29, 1.82) is 0 Å². The zero-order valence-electron chi connectivity index (χ0n) is 27.3. The number of hydrogen-bond acceptors (Lipinski definition) is 2. The maximum atomic E-state index is 13.0. The van der Waals surface area contributed by atoms with E-state index in [-0.39, 0.29) is 22.9 Å². The molecule has 0 amide bonds. The second-order valence-electron chi connectivity index (χ2n) is 17.4. The third-order valence-corrected chi connectivity index (χ3v) is 14.5. The molecule has 0 N–H and O–H groups in total. The summed E-state index contributed by atoms with van der Waals surface area (Å²) < 4.78 is 6.24. The number of esters is 1. The highest BCUT2D eigenvalue weighted by Crippen LogP contribution is 2.75. The molecule has 6 rings (SSSR count). The van der Waals surface area contributed by atoms with Crippen LogP contribution >= 0.6 is 0 Å². The molecule has 8 atom stereocenters. The van der Waals surface area contributed by atoms with Crippen LogP contribution in [0.15, 0.2) is 48.1 Å². The first-order valence-electron chi connectivity index (χ1n) is 16.8. The molecule has 4 saturated carbocycles. The lowest BCUT2D eigenvalue weighted by Gasteiger charge is -2.71. The van der Waals surface area contributed by atoms with Gasteiger partial charge in [-0.05, 0) is 121 Å². The standard InChI is InChI=1S/C39H56O2/c1-34(2)22-23-36(5)24-25-38(7)28(29(36)26-34)15-16-31-37(6)20-19-32(35(3,4)30(37)18-21-39(31,38)8)41-33(40)17-14-27-12-10-9-11-13-27/h9-15,17,29-32H,16,18-26H2,1-8H3/t29-,30+,31-,32+,36-,37+,38-,39-/m1/s1. The van der Waals surface area contributed by atoms with Gasteiger partial charge in [0.2, 0.25) is 0 Å². The quantitative estimate of drug-likeness (QED) is 0.210. The first-order valence-corrected chi connectivity index (χ1v) is 16.8. The van der Waals surface area contributed by atoms with Gasteiger partial charge in [0.1, 0.15) is 6.10 Å². The second kappa shape index (κ2) is 9.59. The van der Waals surface area contributed by atoms with Crippen molar-refractivity contribution in [3.8, 4) is 0 Å². The van der Waals surface area contributed by atoms with Crippen molar-refractivity contribution in [2.45, 2.75) is 126 Å². The second-order valence-corrected chi connectivity index (χ2v) is 17.4. The highest BCUT2D eigenvalue weighted by Gasteiger charge is 2.68. The smallest absolute Gasteiger partial charge is 0.331 e. The van der Waals surface area contributed by atoms with E-state index in [9.17, 15) is 4.79 Å². The highest BCUT2D eigenvalue weighted by molar-refractivity contribution is 5.87.